The lowest BCUT2D eigenvalue weighted by molar-refractivity contribution is -0.151. The molecule has 25 heteroatoms. The van der Waals surface area contributed by atoms with E-state index in [4.69, 9.17) is 37.0 Å². The molecule has 0 radical (unpaired) electrons. The van der Waals surface area contributed by atoms with Crippen molar-refractivity contribution in [3.8, 4) is 0 Å². The molecule has 0 aromatic carbocycles. The van der Waals surface area contributed by atoms with Crippen molar-refractivity contribution in [2.24, 2.45) is 0 Å². The molecular formula is C83H160N4O19P2. The van der Waals surface area contributed by atoms with E-state index in [0.29, 0.717) is 51.4 Å². The molecule has 108 heavy (non-hydrogen) atoms. The average Bonchev–Trinajstić information content (AvgIpc) is 0.914. The molecule has 0 saturated carbocycles. The number of carbonyl (C=O) groups is 7. The van der Waals surface area contributed by atoms with E-state index >= 15 is 0 Å². The number of rotatable bonds is 84. The number of hydrogen-bond acceptors (Lipinski definition) is 17. The van der Waals surface area contributed by atoms with Gasteiger partial charge in [0.25, 0.3) is 0 Å². The first-order valence-corrected chi connectivity index (χ1v) is 46.7. The van der Waals surface area contributed by atoms with Gasteiger partial charge in [-0.1, -0.05) is 298 Å². The molecule has 0 spiro atoms. The van der Waals surface area contributed by atoms with Crippen LogP contribution in [0, 0.1) is 0 Å². The van der Waals surface area contributed by atoms with Gasteiger partial charge in [0.1, 0.15) is 23.8 Å². The van der Waals surface area contributed by atoms with Gasteiger partial charge in [-0.3, -0.25) is 46.9 Å². The number of phosphoric ester groups is 2. The van der Waals surface area contributed by atoms with Gasteiger partial charge >= 0.3 is 33.6 Å². The van der Waals surface area contributed by atoms with E-state index in [2.05, 4.69) is 62.8 Å². The minimum Gasteiger partial charge on any atom is -0.462 e. The molecule has 0 aliphatic rings. The van der Waals surface area contributed by atoms with Crippen molar-refractivity contribution in [1.82, 2.24) is 21.3 Å². The molecule has 0 aromatic heterocycles. The number of Topliss-reactive ketones (excluding diaryl/α,β-unsaturated/α-hetero) is 2. The molecule has 0 rings (SSSR count). The molecule has 4 amide bonds. The molecule has 0 aliphatic heterocycles. The largest absolute Gasteiger partial charge is 0.472 e. The van der Waals surface area contributed by atoms with Gasteiger partial charge in [0, 0.05) is 51.6 Å². The van der Waals surface area contributed by atoms with Crippen molar-refractivity contribution >= 4 is 57.0 Å². The van der Waals surface area contributed by atoms with E-state index in [1.807, 2.05) is 0 Å². The number of ketones is 2. The summed E-state index contributed by atoms with van der Waals surface area (Å²) < 4.78 is 71.2. The third-order valence-electron chi connectivity index (χ3n) is 19.4. The van der Waals surface area contributed by atoms with Gasteiger partial charge in [-0.25, -0.2) is 13.9 Å². The highest BCUT2D eigenvalue weighted by atomic mass is 31.2. The van der Waals surface area contributed by atoms with Gasteiger partial charge in [0.15, 0.2) is 0 Å². The molecule has 0 saturated heterocycles. The average molecular weight is 1580 g/mol. The minimum atomic E-state index is -4.80. The Bertz CT molecular complexity index is 2120. The Morgan fingerprint density at radius 3 is 0.852 bits per heavy atom. The predicted octanol–water partition coefficient (Wildman–Crippen LogP) is 20.5. The van der Waals surface area contributed by atoms with Gasteiger partial charge in [0.05, 0.1) is 77.8 Å². The van der Waals surface area contributed by atoms with Crippen LogP contribution in [0.3, 0.4) is 0 Å². The number of unbranched alkanes of at least 4 members (excludes halogenated alkanes) is 40. The van der Waals surface area contributed by atoms with Gasteiger partial charge < -0.3 is 50.0 Å². The topological polar surface area (TPSA) is 316 Å². The quantitative estimate of drug-likeness (QED) is 0.0143. The maximum atomic E-state index is 13.3. The smallest absolute Gasteiger partial charge is 0.462 e. The molecule has 0 aliphatic carbocycles. The molecule has 0 bridgehead atoms. The summed E-state index contributed by atoms with van der Waals surface area (Å²) in [5, 5.41) is 10.3. The van der Waals surface area contributed by atoms with Crippen LogP contribution in [-0.2, 0) is 74.9 Å². The second-order valence-electron chi connectivity index (χ2n) is 30.0. The number of amides is 4. The number of phosphoric acid groups is 2. The number of nitrogens with one attached hydrogen (secondary N) is 4. The first kappa shape index (κ1) is 105. The summed E-state index contributed by atoms with van der Waals surface area (Å²) in [5.74, 6) is -2.09. The maximum Gasteiger partial charge on any atom is 0.472 e. The van der Waals surface area contributed by atoms with Gasteiger partial charge in [0.2, 0.25) is 11.8 Å². The summed E-state index contributed by atoms with van der Waals surface area (Å²) in [5.41, 5.74) is 0. The Hall–Kier alpha value is -3.37. The summed E-state index contributed by atoms with van der Waals surface area (Å²) >= 11 is 0. The van der Waals surface area contributed by atoms with Crippen molar-refractivity contribution in [1.29, 1.82) is 0 Å². The van der Waals surface area contributed by atoms with Crippen LogP contribution >= 0.6 is 15.6 Å². The fraction of sp³-hybridized carbons (Fsp3) is 0.916. The lowest BCUT2D eigenvalue weighted by Gasteiger charge is -2.22. The number of urea groups is 1. The molecule has 636 valence electrons. The zero-order valence-electron chi connectivity index (χ0n) is 69.2. The number of carbonyl (C=O) groups excluding carboxylic acids is 7. The summed E-state index contributed by atoms with van der Waals surface area (Å²) in [6.07, 6.45) is 52.3. The molecular weight excluding hydrogens is 1420 g/mol. The van der Waals surface area contributed by atoms with E-state index in [-0.39, 0.29) is 101 Å². The lowest BCUT2D eigenvalue weighted by atomic mass is 10.0. The zero-order chi connectivity index (χ0) is 79.5. The zero-order valence-corrected chi connectivity index (χ0v) is 71.0. The second-order valence-corrected chi connectivity index (χ2v) is 32.9. The first-order valence-electron chi connectivity index (χ1n) is 43.7. The normalized spacial score (nSPS) is 13.8. The Morgan fingerprint density at radius 2 is 0.565 bits per heavy atom. The van der Waals surface area contributed by atoms with Crippen LogP contribution in [0.5, 0.6) is 0 Å². The Labute approximate surface area is 656 Å². The molecule has 0 fully saturated rings. The highest BCUT2D eigenvalue weighted by Crippen LogP contribution is 2.44. The number of hydrogen-bond donors (Lipinski definition) is 6. The number of ether oxygens (including phenoxy) is 4. The summed E-state index contributed by atoms with van der Waals surface area (Å²) in [6.45, 7) is 10.5. The van der Waals surface area contributed by atoms with Crippen molar-refractivity contribution < 1.29 is 89.5 Å². The van der Waals surface area contributed by atoms with Crippen molar-refractivity contribution in [3.63, 3.8) is 0 Å². The van der Waals surface area contributed by atoms with Crippen LogP contribution in [0.1, 0.15) is 401 Å². The van der Waals surface area contributed by atoms with Gasteiger partial charge in [-0.15, -0.1) is 0 Å². The third-order valence-corrected chi connectivity index (χ3v) is 21.3. The lowest BCUT2D eigenvalue weighted by Crippen LogP contribution is -2.42. The van der Waals surface area contributed by atoms with E-state index in [0.717, 1.165) is 141 Å². The van der Waals surface area contributed by atoms with E-state index in [9.17, 15) is 52.5 Å². The molecule has 6 atom stereocenters. The van der Waals surface area contributed by atoms with Crippen LogP contribution in [0.25, 0.3) is 0 Å². The molecule has 6 N–H and O–H groups in total. The minimum absolute atomic E-state index is 0.153. The fourth-order valence-electron chi connectivity index (χ4n) is 12.8. The monoisotopic (exact) mass is 1580 g/mol. The van der Waals surface area contributed by atoms with Crippen molar-refractivity contribution in [2.75, 3.05) is 65.9 Å². The van der Waals surface area contributed by atoms with E-state index < -0.39 is 72.0 Å². The molecule has 0 heterocycles. The number of esters is 2. The Morgan fingerprint density at radius 1 is 0.306 bits per heavy atom. The second kappa shape index (κ2) is 76.3. The fourth-order valence-corrected chi connectivity index (χ4v) is 14.3. The Kier molecular flexibility index (Phi) is 73.9. The Balaban J connectivity index is 5.68. The van der Waals surface area contributed by atoms with E-state index in [1.165, 1.54) is 141 Å². The molecule has 23 nitrogen and oxygen atoms in total. The summed E-state index contributed by atoms with van der Waals surface area (Å²) in [6, 6.07) is -2.73. The first-order chi connectivity index (χ1) is 52.3. The van der Waals surface area contributed by atoms with Crippen molar-refractivity contribution in [2.45, 2.75) is 425 Å². The molecule has 0 aromatic rings. The SMILES string of the molecule is CCCCCCCCCCCC(=O)CC(=O)N[C@H](COCC[C@@H](CCCCCCC)OC(=O)CCCCCCCCCCC)COP(=O)(O)OCCNC(=O)NCCOP(=O)(O)OC[C@@H](COCC[C@H](CCCCCCC)OC(=O)CCCCCCCCCCC)NC(=O)CC(=O)CCCCCCCCCCC. The molecule has 2 unspecified atom stereocenters. The van der Waals surface area contributed by atoms with Crippen LogP contribution in [0.4, 0.5) is 4.79 Å². The van der Waals surface area contributed by atoms with Crippen LogP contribution < -0.4 is 21.3 Å². The van der Waals surface area contributed by atoms with E-state index in [1.54, 1.807) is 0 Å². The third kappa shape index (κ3) is 72.8. The van der Waals surface area contributed by atoms with Crippen LogP contribution in [-0.4, -0.2) is 141 Å². The van der Waals surface area contributed by atoms with Crippen LogP contribution in [0.15, 0.2) is 0 Å². The standard InChI is InChI=1S/C83H160N4O19P2/c1-7-13-19-25-29-33-37-43-47-53-75(88)67-79(90)86-73(69-99-63-59-77(55-49-41-23-17-11-5)105-81(92)57-51-45-39-35-31-27-21-15-9-3)71-103-107(95,96)101-65-61-84-83(94)85-62-66-102-108(97,98)104-72-74(87-80(91)68-76(89)54-48-44-38-34-30-26-20-14-8-2)70-100-64-60-78(56-50-42-24-18-12-6)106-82(93)58-52-46-40-36-32-28-22-16-10-4/h73-74,77-78H,7-72H2,1-6H3,(H,86,90)(H,87,91)(H,95,96)(H,97,98)(H2,84,85,94)/t73-,74-,77-,78+/m1/s1. The van der Waals surface area contributed by atoms with Gasteiger partial charge in [-0.05, 0) is 51.4 Å². The summed E-state index contributed by atoms with van der Waals surface area (Å²) in [7, 11) is -9.60. The highest BCUT2D eigenvalue weighted by Gasteiger charge is 2.28. The van der Waals surface area contributed by atoms with Crippen LogP contribution in [0.2, 0.25) is 0 Å². The predicted molar refractivity (Wildman–Crippen MR) is 433 cm³/mol. The summed E-state index contributed by atoms with van der Waals surface area (Å²) in [4.78, 5) is 113. The van der Waals surface area contributed by atoms with Crippen molar-refractivity contribution in [3.05, 3.63) is 0 Å². The maximum absolute atomic E-state index is 13.3. The highest BCUT2D eigenvalue weighted by molar-refractivity contribution is 7.47. The van der Waals surface area contributed by atoms with Gasteiger partial charge in [-0.2, -0.15) is 0 Å².